The lowest BCUT2D eigenvalue weighted by Gasteiger charge is -2.18. The van der Waals surface area contributed by atoms with Crippen molar-refractivity contribution in [2.75, 3.05) is 5.75 Å². The molecule has 0 radical (unpaired) electrons. The van der Waals surface area contributed by atoms with Gasteiger partial charge in [0.2, 0.25) is 5.91 Å². The first-order valence-electron chi connectivity index (χ1n) is 10.5. The lowest BCUT2D eigenvalue weighted by Crippen LogP contribution is -2.46. The number of carbonyl (C=O) groups is 3. The van der Waals surface area contributed by atoms with Crippen LogP contribution in [0.25, 0.3) is 21.8 Å². The number of fused-ring (bicyclic) bond motifs is 2. The Morgan fingerprint density at radius 2 is 1.42 bits per heavy atom. The first-order chi connectivity index (χ1) is 16.0. The molecule has 0 fully saturated rings. The van der Waals surface area contributed by atoms with Crippen LogP contribution in [0.4, 0.5) is 0 Å². The quantitative estimate of drug-likeness (QED) is 0.155. The summed E-state index contributed by atoms with van der Waals surface area (Å²) in [5.41, 5.74) is 9.52. The number of ether oxygens (including phenoxy) is 1. The fourth-order valence-electron chi connectivity index (χ4n) is 3.82. The zero-order valence-corrected chi connectivity index (χ0v) is 18.6. The average molecular weight is 465 g/mol. The number of aromatic amines is 2. The Hall–Kier alpha value is -3.56. The van der Waals surface area contributed by atoms with Gasteiger partial charge in [0.1, 0.15) is 12.1 Å². The van der Waals surface area contributed by atoms with E-state index < -0.39 is 29.9 Å². The Balaban J connectivity index is 1.46. The molecule has 0 aliphatic rings. The molecule has 2 heterocycles. The van der Waals surface area contributed by atoms with Crippen LogP contribution in [0, 0.1) is 0 Å². The Kier molecular flexibility index (Phi) is 6.81. The minimum Gasteiger partial charge on any atom is -0.390 e. The lowest BCUT2D eigenvalue weighted by molar-refractivity contribution is -0.162. The maximum atomic E-state index is 12.8. The Morgan fingerprint density at radius 1 is 0.879 bits per heavy atom. The number of esters is 2. The molecule has 2 aromatic heterocycles. The van der Waals surface area contributed by atoms with Crippen molar-refractivity contribution in [3.8, 4) is 0 Å². The van der Waals surface area contributed by atoms with E-state index in [2.05, 4.69) is 27.9 Å². The molecule has 0 aliphatic carbocycles. The first kappa shape index (κ1) is 22.6. The zero-order chi connectivity index (χ0) is 23.4. The summed E-state index contributed by atoms with van der Waals surface area (Å²) in [6.45, 7) is 0. The normalized spacial score (nSPS) is 13.0. The lowest BCUT2D eigenvalue weighted by atomic mass is 10.0. The monoisotopic (exact) mass is 464 g/mol. The standard InChI is InChI=1S/C24H24N4O4S/c25-18(9-14-11-26-19-7-3-1-5-16(14)19)23(30)32-24(31)21(28-22(29)13-33)10-15-12-27-20-8-4-2-6-17(15)20/h1-8,11-12,18,21,26-27,33H,9-10,13,25H2,(H,28,29)/t18-,21-/m0/s1. The molecule has 9 heteroatoms. The molecule has 0 spiro atoms. The largest absolute Gasteiger partial charge is 0.390 e. The van der Waals surface area contributed by atoms with Gasteiger partial charge in [-0.2, -0.15) is 12.6 Å². The van der Waals surface area contributed by atoms with Gasteiger partial charge in [-0.15, -0.1) is 0 Å². The molecule has 0 aliphatic heterocycles. The number of hydrogen-bond acceptors (Lipinski definition) is 6. The maximum Gasteiger partial charge on any atom is 0.336 e. The second kappa shape index (κ2) is 9.93. The SMILES string of the molecule is N[C@@H](Cc1c[nH]c2ccccc12)C(=O)OC(=O)[C@H](Cc1c[nH]c2ccccc12)NC(=O)CS. The third-order valence-corrected chi connectivity index (χ3v) is 5.77. The van der Waals surface area contributed by atoms with E-state index in [9.17, 15) is 14.4 Å². The van der Waals surface area contributed by atoms with Gasteiger partial charge in [-0.1, -0.05) is 36.4 Å². The highest BCUT2D eigenvalue weighted by molar-refractivity contribution is 7.81. The van der Waals surface area contributed by atoms with Crippen molar-refractivity contribution < 1.29 is 19.1 Å². The number of amides is 1. The summed E-state index contributed by atoms with van der Waals surface area (Å²) in [6, 6.07) is 13.1. The number of hydrogen-bond donors (Lipinski definition) is 5. The van der Waals surface area contributed by atoms with E-state index in [1.54, 1.807) is 12.4 Å². The maximum absolute atomic E-state index is 12.8. The summed E-state index contributed by atoms with van der Waals surface area (Å²) in [6.07, 6.45) is 3.90. The Bertz CT molecular complexity index is 1310. The minimum absolute atomic E-state index is 0.105. The highest BCUT2D eigenvalue weighted by atomic mass is 32.1. The first-order valence-corrected chi connectivity index (χ1v) is 11.1. The molecule has 0 saturated heterocycles. The minimum atomic E-state index is -1.06. The van der Waals surface area contributed by atoms with Crippen LogP contribution in [0.2, 0.25) is 0 Å². The summed E-state index contributed by atoms with van der Waals surface area (Å²) in [5, 5.41) is 4.45. The summed E-state index contributed by atoms with van der Waals surface area (Å²) in [4.78, 5) is 43.6. The van der Waals surface area contributed by atoms with Gasteiger partial charge in [0.05, 0.1) is 5.75 Å². The van der Waals surface area contributed by atoms with E-state index in [1.165, 1.54) is 0 Å². The molecule has 0 saturated carbocycles. The molecule has 0 bridgehead atoms. The van der Waals surface area contributed by atoms with E-state index in [0.717, 1.165) is 32.9 Å². The van der Waals surface area contributed by atoms with Gasteiger partial charge in [0.15, 0.2) is 0 Å². The van der Waals surface area contributed by atoms with Crippen LogP contribution in [0.1, 0.15) is 11.1 Å². The summed E-state index contributed by atoms with van der Waals surface area (Å²) in [7, 11) is 0. The van der Waals surface area contributed by atoms with E-state index in [-0.39, 0.29) is 18.6 Å². The second-order valence-electron chi connectivity index (χ2n) is 7.75. The molecule has 8 nitrogen and oxygen atoms in total. The third-order valence-electron chi connectivity index (χ3n) is 5.48. The molecule has 2 aromatic carbocycles. The summed E-state index contributed by atoms with van der Waals surface area (Å²) >= 11 is 3.95. The third kappa shape index (κ3) is 5.10. The predicted molar refractivity (Wildman–Crippen MR) is 129 cm³/mol. The number of nitrogens with two attached hydrogens (primary N) is 1. The van der Waals surface area contributed by atoms with Crippen molar-refractivity contribution in [2.45, 2.75) is 24.9 Å². The predicted octanol–water partition coefficient (Wildman–Crippen LogP) is 2.25. The Labute approximate surface area is 195 Å². The number of para-hydroxylation sites is 2. The molecule has 2 atom stereocenters. The highest BCUT2D eigenvalue weighted by Gasteiger charge is 2.28. The van der Waals surface area contributed by atoms with Crippen LogP contribution in [0.3, 0.4) is 0 Å². The van der Waals surface area contributed by atoms with Gasteiger partial charge >= 0.3 is 11.9 Å². The van der Waals surface area contributed by atoms with Crippen LogP contribution in [0.5, 0.6) is 0 Å². The van der Waals surface area contributed by atoms with Crippen LogP contribution in [-0.4, -0.2) is 45.7 Å². The summed E-state index contributed by atoms with van der Waals surface area (Å²) in [5.74, 6) is -2.27. The van der Waals surface area contributed by atoms with Crippen LogP contribution >= 0.6 is 12.6 Å². The van der Waals surface area contributed by atoms with E-state index in [4.69, 9.17) is 10.5 Å². The molecule has 170 valence electrons. The summed E-state index contributed by atoms with van der Waals surface area (Å²) < 4.78 is 5.08. The van der Waals surface area contributed by atoms with Crippen molar-refractivity contribution in [1.82, 2.24) is 15.3 Å². The molecule has 5 N–H and O–H groups in total. The topological polar surface area (TPSA) is 130 Å². The second-order valence-corrected chi connectivity index (χ2v) is 8.07. The van der Waals surface area contributed by atoms with Gasteiger partial charge < -0.3 is 25.8 Å². The van der Waals surface area contributed by atoms with E-state index >= 15 is 0 Å². The van der Waals surface area contributed by atoms with Gasteiger partial charge in [-0.3, -0.25) is 4.79 Å². The fraction of sp³-hybridized carbons (Fsp3) is 0.208. The van der Waals surface area contributed by atoms with Crippen molar-refractivity contribution in [2.24, 2.45) is 5.73 Å². The zero-order valence-electron chi connectivity index (χ0n) is 17.7. The molecule has 0 unspecified atom stereocenters. The van der Waals surface area contributed by atoms with Crippen LogP contribution in [-0.2, 0) is 32.0 Å². The van der Waals surface area contributed by atoms with Gasteiger partial charge in [-0.05, 0) is 23.3 Å². The van der Waals surface area contributed by atoms with Gasteiger partial charge in [0.25, 0.3) is 0 Å². The molecular formula is C24H24N4O4S. The van der Waals surface area contributed by atoms with Crippen molar-refractivity contribution in [3.63, 3.8) is 0 Å². The molecular weight excluding hydrogens is 440 g/mol. The number of nitrogens with one attached hydrogen (secondary N) is 3. The van der Waals surface area contributed by atoms with E-state index in [1.807, 2.05) is 48.5 Å². The number of benzene rings is 2. The average Bonchev–Trinajstić information content (AvgIpc) is 3.42. The van der Waals surface area contributed by atoms with Crippen molar-refractivity contribution in [3.05, 3.63) is 72.1 Å². The highest BCUT2D eigenvalue weighted by Crippen LogP contribution is 2.21. The van der Waals surface area contributed by atoms with Crippen LogP contribution < -0.4 is 11.1 Å². The fourth-order valence-corrected chi connectivity index (χ4v) is 3.91. The van der Waals surface area contributed by atoms with Gasteiger partial charge in [-0.25, -0.2) is 9.59 Å². The Morgan fingerprint density at radius 3 is 2.00 bits per heavy atom. The number of thiol groups is 1. The molecule has 1 amide bonds. The van der Waals surface area contributed by atoms with Crippen molar-refractivity contribution in [1.29, 1.82) is 0 Å². The number of carbonyl (C=O) groups excluding carboxylic acids is 3. The smallest absolute Gasteiger partial charge is 0.336 e. The number of rotatable bonds is 8. The van der Waals surface area contributed by atoms with E-state index in [0.29, 0.717) is 0 Å². The molecule has 33 heavy (non-hydrogen) atoms. The van der Waals surface area contributed by atoms with Crippen LogP contribution in [0.15, 0.2) is 60.9 Å². The van der Waals surface area contributed by atoms with Gasteiger partial charge in [0, 0.05) is 47.0 Å². The number of H-pyrrole nitrogens is 2. The number of aromatic nitrogens is 2. The molecule has 4 rings (SSSR count). The van der Waals surface area contributed by atoms with Crippen molar-refractivity contribution >= 4 is 52.3 Å². The molecule has 4 aromatic rings.